The van der Waals surface area contributed by atoms with Gasteiger partial charge in [0.1, 0.15) is 5.82 Å². The van der Waals surface area contributed by atoms with Crippen LogP contribution in [0.15, 0.2) is 61.1 Å². The van der Waals surface area contributed by atoms with Crippen LogP contribution in [0.5, 0.6) is 0 Å². The number of benzene rings is 1. The van der Waals surface area contributed by atoms with Crippen LogP contribution in [0.2, 0.25) is 0 Å². The average molecular weight is 425 g/mol. The number of aromatic nitrogens is 3. The van der Waals surface area contributed by atoms with Crippen LogP contribution in [-0.2, 0) is 17.8 Å². The fraction of sp³-hybridized carbons (Fsp3) is 0.240. The summed E-state index contributed by atoms with van der Waals surface area (Å²) in [6, 6.07) is 14.4. The second-order valence-electron chi connectivity index (χ2n) is 8.22. The quantitative estimate of drug-likeness (QED) is 0.544. The van der Waals surface area contributed by atoms with Crippen LogP contribution in [0.1, 0.15) is 21.5 Å². The van der Waals surface area contributed by atoms with E-state index in [1.54, 1.807) is 0 Å². The second-order valence-corrected chi connectivity index (χ2v) is 8.22. The Balaban J connectivity index is 1.49. The molecule has 0 aliphatic carbocycles. The van der Waals surface area contributed by atoms with Crippen molar-refractivity contribution in [2.75, 3.05) is 31.2 Å². The Morgan fingerprint density at radius 3 is 2.72 bits per heavy atom. The first-order valence-electron chi connectivity index (χ1n) is 10.9. The highest BCUT2D eigenvalue weighted by Crippen LogP contribution is 2.33. The molecule has 0 unspecified atom stereocenters. The Morgan fingerprint density at radius 1 is 1.03 bits per heavy atom. The molecule has 6 rings (SSSR count). The molecule has 1 saturated heterocycles. The van der Waals surface area contributed by atoms with Gasteiger partial charge in [-0.2, -0.15) is 0 Å². The molecule has 160 valence electrons. The number of amides is 1. The van der Waals surface area contributed by atoms with Gasteiger partial charge in [-0.3, -0.25) is 9.78 Å². The Labute approximate surface area is 185 Å². The highest BCUT2D eigenvalue weighted by Gasteiger charge is 2.22. The lowest BCUT2D eigenvalue weighted by Gasteiger charge is -2.29. The predicted molar refractivity (Wildman–Crippen MR) is 123 cm³/mol. The topological polar surface area (TPSA) is 72.3 Å². The zero-order chi connectivity index (χ0) is 21.5. The molecule has 1 aromatic carbocycles. The number of carbonyl (C=O) groups is 1. The van der Waals surface area contributed by atoms with Gasteiger partial charge in [-0.25, -0.2) is 4.98 Å². The molecule has 0 saturated carbocycles. The van der Waals surface area contributed by atoms with Gasteiger partial charge in [-0.15, -0.1) is 0 Å². The van der Waals surface area contributed by atoms with Crippen molar-refractivity contribution in [2.24, 2.45) is 0 Å². The summed E-state index contributed by atoms with van der Waals surface area (Å²) >= 11 is 0. The van der Waals surface area contributed by atoms with E-state index < -0.39 is 0 Å². The van der Waals surface area contributed by atoms with Crippen molar-refractivity contribution in [3.05, 3.63) is 77.7 Å². The van der Waals surface area contributed by atoms with Gasteiger partial charge in [0.15, 0.2) is 0 Å². The van der Waals surface area contributed by atoms with E-state index in [0.717, 1.165) is 58.7 Å². The summed E-state index contributed by atoms with van der Waals surface area (Å²) in [6.45, 7) is 4.39. The molecule has 0 spiro atoms. The molecule has 32 heavy (non-hydrogen) atoms. The molecule has 7 nitrogen and oxygen atoms in total. The summed E-state index contributed by atoms with van der Waals surface area (Å²) in [7, 11) is 0. The van der Waals surface area contributed by atoms with Crippen molar-refractivity contribution >= 4 is 22.6 Å². The SMILES string of the molecule is O=C1NCc2cc(-c3cc4c(ccn4Cc4ccncc4)c(N4CCOCC4)n3)ccc21. The highest BCUT2D eigenvalue weighted by molar-refractivity contribution is 5.99. The normalized spacial score (nSPS) is 15.8. The number of rotatable bonds is 4. The lowest BCUT2D eigenvalue weighted by atomic mass is 10.0. The molecular weight excluding hydrogens is 402 g/mol. The second kappa shape index (κ2) is 7.76. The van der Waals surface area contributed by atoms with Gasteiger partial charge in [-0.05, 0) is 47.5 Å². The molecule has 2 aliphatic heterocycles. The number of nitrogens with zero attached hydrogens (tertiary/aromatic N) is 4. The van der Waals surface area contributed by atoms with Crippen LogP contribution < -0.4 is 10.2 Å². The first-order chi connectivity index (χ1) is 15.8. The number of fused-ring (bicyclic) bond motifs is 2. The molecule has 2 aliphatic rings. The Hall–Kier alpha value is -3.71. The lowest BCUT2D eigenvalue weighted by molar-refractivity contribution is 0.0965. The molecule has 3 aromatic heterocycles. The van der Waals surface area contributed by atoms with Gasteiger partial charge in [0, 0.05) is 61.3 Å². The number of anilines is 1. The maximum Gasteiger partial charge on any atom is 0.251 e. The van der Waals surface area contributed by atoms with E-state index in [4.69, 9.17) is 9.72 Å². The smallest absolute Gasteiger partial charge is 0.251 e. The van der Waals surface area contributed by atoms with Crippen LogP contribution >= 0.6 is 0 Å². The molecule has 1 amide bonds. The van der Waals surface area contributed by atoms with Crippen molar-refractivity contribution in [1.29, 1.82) is 0 Å². The first-order valence-corrected chi connectivity index (χ1v) is 10.9. The molecular formula is C25H23N5O2. The minimum Gasteiger partial charge on any atom is -0.378 e. The highest BCUT2D eigenvalue weighted by atomic mass is 16.5. The van der Waals surface area contributed by atoms with Crippen molar-refractivity contribution in [3.63, 3.8) is 0 Å². The number of hydrogen-bond donors (Lipinski definition) is 1. The van der Waals surface area contributed by atoms with Crippen molar-refractivity contribution in [3.8, 4) is 11.3 Å². The Bertz CT molecular complexity index is 1310. The van der Waals surface area contributed by atoms with Crippen molar-refractivity contribution < 1.29 is 9.53 Å². The van der Waals surface area contributed by atoms with Crippen LogP contribution in [0.3, 0.4) is 0 Å². The molecule has 1 fully saturated rings. The summed E-state index contributed by atoms with van der Waals surface area (Å²) < 4.78 is 7.84. The fourth-order valence-electron chi connectivity index (χ4n) is 4.55. The van der Waals surface area contributed by atoms with Crippen molar-refractivity contribution in [1.82, 2.24) is 19.9 Å². The third-order valence-corrected chi connectivity index (χ3v) is 6.25. The van der Waals surface area contributed by atoms with E-state index in [-0.39, 0.29) is 5.91 Å². The summed E-state index contributed by atoms with van der Waals surface area (Å²) in [5.74, 6) is 0.985. The third-order valence-electron chi connectivity index (χ3n) is 6.25. The summed E-state index contributed by atoms with van der Waals surface area (Å²) in [5.41, 5.74) is 6.05. The standard InChI is InChI=1S/C25H23N5O2/c31-25-20-2-1-18(13-19(20)15-27-25)22-14-23-21(24(28-22)29-9-11-32-12-10-29)5-8-30(23)16-17-3-6-26-7-4-17/h1-8,13-14H,9-12,15-16H2,(H,27,31). The molecule has 5 heterocycles. The van der Waals surface area contributed by atoms with E-state index in [1.807, 2.05) is 36.7 Å². The van der Waals surface area contributed by atoms with E-state index >= 15 is 0 Å². The fourth-order valence-corrected chi connectivity index (χ4v) is 4.55. The molecule has 0 bridgehead atoms. The third kappa shape index (κ3) is 3.31. The number of hydrogen-bond acceptors (Lipinski definition) is 5. The van der Waals surface area contributed by atoms with Gasteiger partial charge in [-0.1, -0.05) is 6.07 Å². The van der Waals surface area contributed by atoms with Gasteiger partial charge >= 0.3 is 0 Å². The minimum atomic E-state index is -0.00445. The van der Waals surface area contributed by atoms with E-state index in [9.17, 15) is 4.79 Å². The van der Waals surface area contributed by atoms with Gasteiger partial charge in [0.2, 0.25) is 0 Å². The lowest BCUT2D eigenvalue weighted by Crippen LogP contribution is -2.36. The van der Waals surface area contributed by atoms with Crippen LogP contribution in [0, 0.1) is 0 Å². The average Bonchev–Trinajstić information content (AvgIpc) is 3.43. The monoisotopic (exact) mass is 425 g/mol. The summed E-state index contributed by atoms with van der Waals surface area (Å²) in [6.07, 6.45) is 5.78. The zero-order valence-corrected chi connectivity index (χ0v) is 17.6. The van der Waals surface area contributed by atoms with Crippen LogP contribution in [-0.4, -0.2) is 46.7 Å². The number of nitrogens with one attached hydrogen (secondary N) is 1. The largest absolute Gasteiger partial charge is 0.378 e. The van der Waals surface area contributed by atoms with E-state index in [0.29, 0.717) is 19.8 Å². The minimum absolute atomic E-state index is 0.00445. The molecule has 7 heteroatoms. The Kier molecular flexibility index (Phi) is 4.61. The number of ether oxygens (including phenoxy) is 1. The molecule has 0 radical (unpaired) electrons. The van der Waals surface area contributed by atoms with E-state index in [1.165, 1.54) is 5.56 Å². The number of morpholine rings is 1. The maximum absolute atomic E-state index is 12.0. The van der Waals surface area contributed by atoms with Crippen LogP contribution in [0.25, 0.3) is 22.2 Å². The first kappa shape index (κ1) is 19.0. The Morgan fingerprint density at radius 2 is 1.88 bits per heavy atom. The van der Waals surface area contributed by atoms with Crippen molar-refractivity contribution in [2.45, 2.75) is 13.1 Å². The zero-order valence-electron chi connectivity index (χ0n) is 17.6. The van der Waals surface area contributed by atoms with Gasteiger partial charge in [0.25, 0.3) is 5.91 Å². The number of pyridine rings is 2. The summed E-state index contributed by atoms with van der Waals surface area (Å²) in [5, 5.41) is 4.04. The van der Waals surface area contributed by atoms with E-state index in [2.05, 4.69) is 44.2 Å². The molecule has 1 N–H and O–H groups in total. The maximum atomic E-state index is 12.0. The van der Waals surface area contributed by atoms with Crippen LogP contribution in [0.4, 0.5) is 5.82 Å². The summed E-state index contributed by atoms with van der Waals surface area (Å²) in [4.78, 5) is 23.5. The predicted octanol–water partition coefficient (Wildman–Crippen LogP) is 3.23. The molecule has 4 aromatic rings. The van der Waals surface area contributed by atoms with Gasteiger partial charge in [0.05, 0.1) is 24.4 Å². The molecule has 0 atom stereocenters. The van der Waals surface area contributed by atoms with Gasteiger partial charge < -0.3 is 19.5 Å². The number of carbonyl (C=O) groups excluding carboxylic acids is 1.